The molecule has 1 fully saturated rings. The first kappa shape index (κ1) is 13.9. The first-order valence-corrected chi connectivity index (χ1v) is 7.45. The topological polar surface area (TPSA) is 39.7 Å². The van der Waals surface area contributed by atoms with E-state index in [0.717, 1.165) is 31.8 Å². The molecule has 20 heavy (non-hydrogen) atoms. The Balaban J connectivity index is 1.65. The van der Waals surface area contributed by atoms with Crippen molar-refractivity contribution in [2.45, 2.75) is 44.1 Å². The normalized spacial score (nSPS) is 32.1. The molecule has 1 heterocycles. The molecule has 110 valence electrons. The quantitative estimate of drug-likeness (QED) is 0.896. The fourth-order valence-electron chi connectivity index (χ4n) is 3.21. The van der Waals surface area contributed by atoms with Gasteiger partial charge in [0.15, 0.2) is 0 Å². The molecule has 2 aliphatic rings. The SMILES string of the molecule is CCOC1CC(NC2CCOc3ccccc32)C1OC. The molecular formula is C16H23NO3. The minimum Gasteiger partial charge on any atom is -0.493 e. The molecule has 0 spiro atoms. The van der Waals surface area contributed by atoms with Gasteiger partial charge < -0.3 is 19.5 Å². The van der Waals surface area contributed by atoms with Gasteiger partial charge in [0.25, 0.3) is 0 Å². The van der Waals surface area contributed by atoms with Crippen molar-refractivity contribution in [3.63, 3.8) is 0 Å². The first-order valence-electron chi connectivity index (χ1n) is 7.45. The number of hydrogen-bond acceptors (Lipinski definition) is 4. The summed E-state index contributed by atoms with van der Waals surface area (Å²) in [7, 11) is 1.77. The summed E-state index contributed by atoms with van der Waals surface area (Å²) in [5, 5.41) is 3.72. The van der Waals surface area contributed by atoms with Gasteiger partial charge in [-0.25, -0.2) is 0 Å². The molecule has 4 nitrogen and oxygen atoms in total. The molecule has 4 atom stereocenters. The number of ether oxygens (including phenoxy) is 3. The molecular weight excluding hydrogens is 254 g/mol. The van der Waals surface area contributed by atoms with E-state index < -0.39 is 0 Å². The zero-order valence-electron chi connectivity index (χ0n) is 12.2. The Morgan fingerprint density at radius 3 is 3.00 bits per heavy atom. The van der Waals surface area contributed by atoms with Crippen molar-refractivity contribution in [1.29, 1.82) is 0 Å². The van der Waals surface area contributed by atoms with E-state index in [1.54, 1.807) is 7.11 Å². The van der Waals surface area contributed by atoms with Crippen molar-refractivity contribution in [2.75, 3.05) is 20.3 Å². The van der Waals surface area contributed by atoms with Gasteiger partial charge in [-0.05, 0) is 19.4 Å². The minimum atomic E-state index is 0.157. The minimum absolute atomic E-state index is 0.157. The maximum atomic E-state index is 5.70. The third-order valence-corrected chi connectivity index (χ3v) is 4.28. The van der Waals surface area contributed by atoms with Crippen LogP contribution >= 0.6 is 0 Å². The Morgan fingerprint density at radius 2 is 2.20 bits per heavy atom. The monoisotopic (exact) mass is 277 g/mol. The molecule has 0 amide bonds. The molecule has 4 unspecified atom stereocenters. The summed E-state index contributed by atoms with van der Waals surface area (Å²) in [5.41, 5.74) is 1.26. The number of fused-ring (bicyclic) bond motifs is 1. The summed E-state index contributed by atoms with van der Waals surface area (Å²) in [5.74, 6) is 1.01. The first-order chi connectivity index (χ1) is 9.83. The van der Waals surface area contributed by atoms with Gasteiger partial charge in [-0.15, -0.1) is 0 Å². The lowest BCUT2D eigenvalue weighted by Crippen LogP contribution is -2.60. The van der Waals surface area contributed by atoms with Crippen molar-refractivity contribution >= 4 is 0 Å². The highest BCUT2D eigenvalue weighted by molar-refractivity contribution is 5.37. The molecule has 1 aromatic carbocycles. The van der Waals surface area contributed by atoms with Gasteiger partial charge in [-0.3, -0.25) is 0 Å². The van der Waals surface area contributed by atoms with E-state index >= 15 is 0 Å². The maximum absolute atomic E-state index is 5.70. The Bertz CT molecular complexity index is 451. The van der Waals surface area contributed by atoms with Crippen LogP contribution in [0.4, 0.5) is 0 Å². The van der Waals surface area contributed by atoms with Gasteiger partial charge in [0.2, 0.25) is 0 Å². The number of hydrogen-bond donors (Lipinski definition) is 1. The van der Waals surface area contributed by atoms with Gasteiger partial charge in [0.05, 0.1) is 18.8 Å². The van der Waals surface area contributed by atoms with Crippen molar-refractivity contribution < 1.29 is 14.2 Å². The van der Waals surface area contributed by atoms with Crippen LogP contribution in [-0.2, 0) is 9.47 Å². The van der Waals surface area contributed by atoms with Gasteiger partial charge >= 0.3 is 0 Å². The summed E-state index contributed by atoms with van der Waals surface area (Å²) in [6.07, 6.45) is 2.41. The molecule has 1 aliphatic heterocycles. The van der Waals surface area contributed by atoms with Gasteiger partial charge in [0, 0.05) is 37.8 Å². The third kappa shape index (κ3) is 2.55. The summed E-state index contributed by atoms with van der Waals surface area (Å²) in [6, 6.07) is 9.00. The second kappa shape index (κ2) is 6.12. The van der Waals surface area contributed by atoms with Crippen LogP contribution in [0.3, 0.4) is 0 Å². The van der Waals surface area contributed by atoms with E-state index in [2.05, 4.69) is 17.4 Å². The van der Waals surface area contributed by atoms with Crippen molar-refractivity contribution in [3.05, 3.63) is 29.8 Å². The summed E-state index contributed by atoms with van der Waals surface area (Å²) < 4.78 is 17.0. The number of methoxy groups -OCH3 is 1. The van der Waals surface area contributed by atoms with Crippen LogP contribution < -0.4 is 10.1 Å². The zero-order valence-corrected chi connectivity index (χ0v) is 12.2. The molecule has 0 radical (unpaired) electrons. The smallest absolute Gasteiger partial charge is 0.124 e. The lowest BCUT2D eigenvalue weighted by atomic mass is 9.83. The van der Waals surface area contributed by atoms with E-state index in [1.807, 2.05) is 19.1 Å². The van der Waals surface area contributed by atoms with E-state index in [0.29, 0.717) is 12.1 Å². The molecule has 0 bridgehead atoms. The van der Waals surface area contributed by atoms with Crippen LogP contribution in [0.15, 0.2) is 24.3 Å². The fraction of sp³-hybridized carbons (Fsp3) is 0.625. The van der Waals surface area contributed by atoms with Crippen molar-refractivity contribution in [3.8, 4) is 5.75 Å². The molecule has 1 aromatic rings. The lowest BCUT2D eigenvalue weighted by molar-refractivity contribution is -0.133. The second-order valence-corrected chi connectivity index (χ2v) is 5.43. The van der Waals surface area contributed by atoms with Crippen LogP contribution in [0.2, 0.25) is 0 Å². The van der Waals surface area contributed by atoms with Crippen LogP contribution in [0, 0.1) is 0 Å². The predicted octanol–water partition coefficient (Wildman–Crippen LogP) is 2.29. The van der Waals surface area contributed by atoms with Crippen molar-refractivity contribution in [2.24, 2.45) is 0 Å². The fourth-order valence-corrected chi connectivity index (χ4v) is 3.21. The number of rotatable bonds is 5. The van der Waals surface area contributed by atoms with E-state index in [4.69, 9.17) is 14.2 Å². The van der Waals surface area contributed by atoms with Gasteiger partial charge in [-0.2, -0.15) is 0 Å². The van der Waals surface area contributed by atoms with Crippen LogP contribution in [0.5, 0.6) is 5.75 Å². The molecule has 0 saturated heterocycles. The zero-order chi connectivity index (χ0) is 13.9. The molecule has 3 rings (SSSR count). The van der Waals surface area contributed by atoms with Gasteiger partial charge in [0.1, 0.15) is 5.75 Å². The number of benzene rings is 1. The molecule has 1 N–H and O–H groups in total. The second-order valence-electron chi connectivity index (χ2n) is 5.43. The highest BCUT2D eigenvalue weighted by Crippen LogP contribution is 2.35. The summed E-state index contributed by atoms with van der Waals surface area (Å²) >= 11 is 0. The Hall–Kier alpha value is -1.10. The largest absolute Gasteiger partial charge is 0.493 e. The van der Waals surface area contributed by atoms with E-state index in [1.165, 1.54) is 5.56 Å². The average molecular weight is 277 g/mol. The standard InChI is InChI=1S/C16H23NO3/c1-3-19-15-10-13(16(15)18-2)17-12-8-9-20-14-7-5-4-6-11(12)14/h4-7,12-13,15-17H,3,8-10H2,1-2H3. The molecule has 4 heteroatoms. The molecule has 1 aliphatic carbocycles. The number of para-hydroxylation sites is 1. The van der Waals surface area contributed by atoms with E-state index in [-0.39, 0.29) is 12.2 Å². The highest BCUT2D eigenvalue weighted by atomic mass is 16.5. The van der Waals surface area contributed by atoms with Crippen LogP contribution in [0.1, 0.15) is 31.4 Å². The molecule has 0 aromatic heterocycles. The van der Waals surface area contributed by atoms with Crippen LogP contribution in [-0.4, -0.2) is 38.6 Å². The highest BCUT2D eigenvalue weighted by Gasteiger charge is 2.43. The Kier molecular flexibility index (Phi) is 4.24. The third-order valence-electron chi connectivity index (χ3n) is 4.28. The Morgan fingerprint density at radius 1 is 1.35 bits per heavy atom. The maximum Gasteiger partial charge on any atom is 0.124 e. The average Bonchev–Trinajstić information content (AvgIpc) is 2.46. The number of nitrogens with one attached hydrogen (secondary N) is 1. The van der Waals surface area contributed by atoms with Gasteiger partial charge in [-0.1, -0.05) is 18.2 Å². The van der Waals surface area contributed by atoms with Crippen molar-refractivity contribution in [1.82, 2.24) is 5.32 Å². The summed E-state index contributed by atoms with van der Waals surface area (Å²) in [4.78, 5) is 0. The lowest BCUT2D eigenvalue weighted by Gasteiger charge is -2.45. The molecule has 1 saturated carbocycles. The Labute approximate surface area is 120 Å². The predicted molar refractivity (Wildman–Crippen MR) is 77.0 cm³/mol. The summed E-state index contributed by atoms with van der Waals surface area (Å²) in [6.45, 7) is 3.55. The van der Waals surface area contributed by atoms with E-state index in [9.17, 15) is 0 Å². The van der Waals surface area contributed by atoms with Crippen LogP contribution in [0.25, 0.3) is 0 Å².